The first-order valence-corrected chi connectivity index (χ1v) is 7.49. The molecule has 0 amide bonds. The van der Waals surface area contributed by atoms with Gasteiger partial charge in [-0.2, -0.15) is 5.10 Å². The molecule has 0 radical (unpaired) electrons. The Morgan fingerprint density at radius 3 is 2.41 bits per heavy atom. The first-order valence-electron chi connectivity index (χ1n) is 5.47. The minimum Gasteiger partial charge on any atom is -0.274 e. The van der Waals surface area contributed by atoms with Gasteiger partial charge in [0.15, 0.2) is 0 Å². The third kappa shape index (κ3) is 3.20. The lowest BCUT2D eigenvalue weighted by molar-refractivity contribution is 0.394. The molecule has 0 spiro atoms. The molecule has 17 heavy (non-hydrogen) atoms. The number of nitrogens with one attached hydrogen (secondary N) is 1. The molecule has 0 aliphatic heterocycles. The molecule has 0 aliphatic carbocycles. The monoisotopic (exact) mass is 279 g/mol. The normalized spacial score (nSPS) is 12.9. The van der Waals surface area contributed by atoms with Crippen molar-refractivity contribution in [2.45, 2.75) is 37.1 Å². The summed E-state index contributed by atoms with van der Waals surface area (Å²) in [7, 11) is -1.88. The summed E-state index contributed by atoms with van der Waals surface area (Å²) in [6.45, 7) is 3.83. The highest BCUT2D eigenvalue weighted by Gasteiger charge is 2.31. The molecular formula is C10H18ClN3O2S. The number of halogens is 1. The van der Waals surface area contributed by atoms with Crippen molar-refractivity contribution in [1.29, 1.82) is 0 Å². The van der Waals surface area contributed by atoms with Crippen LogP contribution in [0.2, 0.25) is 0 Å². The average molecular weight is 280 g/mol. The summed E-state index contributed by atoms with van der Waals surface area (Å²) in [5.41, 5.74) is -0.587. The van der Waals surface area contributed by atoms with Gasteiger partial charge in [-0.1, -0.05) is 13.8 Å². The SMILES string of the molecule is CCC(CC)(CCl)NS(=O)(=O)c1cnn(C)c1. The van der Waals surface area contributed by atoms with E-state index < -0.39 is 15.6 Å². The van der Waals surface area contributed by atoms with Crippen LogP contribution in [0.3, 0.4) is 0 Å². The molecule has 5 nitrogen and oxygen atoms in total. The van der Waals surface area contributed by atoms with Gasteiger partial charge in [0.25, 0.3) is 0 Å². The second-order valence-corrected chi connectivity index (χ2v) is 6.03. The Morgan fingerprint density at radius 2 is 2.06 bits per heavy atom. The van der Waals surface area contributed by atoms with E-state index in [-0.39, 0.29) is 10.8 Å². The van der Waals surface area contributed by atoms with Crippen LogP contribution in [0.25, 0.3) is 0 Å². The number of rotatable bonds is 6. The smallest absolute Gasteiger partial charge is 0.244 e. The number of sulfonamides is 1. The second-order valence-electron chi connectivity index (χ2n) is 4.08. The highest BCUT2D eigenvalue weighted by molar-refractivity contribution is 7.89. The fourth-order valence-electron chi connectivity index (χ4n) is 1.49. The first-order chi connectivity index (χ1) is 7.89. The molecule has 0 atom stereocenters. The summed E-state index contributed by atoms with van der Waals surface area (Å²) < 4.78 is 28.4. The minimum atomic E-state index is -3.55. The van der Waals surface area contributed by atoms with Gasteiger partial charge in [-0.25, -0.2) is 13.1 Å². The zero-order valence-corrected chi connectivity index (χ0v) is 11.8. The highest BCUT2D eigenvalue weighted by Crippen LogP contribution is 2.20. The lowest BCUT2D eigenvalue weighted by Gasteiger charge is -2.29. The van der Waals surface area contributed by atoms with Crippen molar-refractivity contribution in [3.05, 3.63) is 12.4 Å². The Labute approximate surface area is 107 Å². The van der Waals surface area contributed by atoms with E-state index in [0.717, 1.165) is 0 Å². The van der Waals surface area contributed by atoms with Crippen LogP contribution in [0.5, 0.6) is 0 Å². The molecule has 1 aromatic heterocycles. The number of hydrogen-bond acceptors (Lipinski definition) is 3. The zero-order chi connectivity index (χ0) is 13.1. The molecule has 0 aromatic carbocycles. The van der Waals surface area contributed by atoms with E-state index in [0.29, 0.717) is 12.8 Å². The van der Waals surface area contributed by atoms with Crippen molar-refractivity contribution in [1.82, 2.24) is 14.5 Å². The van der Waals surface area contributed by atoms with Gasteiger partial charge in [0.1, 0.15) is 4.90 Å². The molecule has 0 bridgehead atoms. The zero-order valence-electron chi connectivity index (χ0n) is 10.3. The number of nitrogens with zero attached hydrogens (tertiary/aromatic N) is 2. The Bertz CT molecular complexity index is 457. The quantitative estimate of drug-likeness (QED) is 0.803. The van der Waals surface area contributed by atoms with Crippen LogP contribution in [0.1, 0.15) is 26.7 Å². The van der Waals surface area contributed by atoms with Gasteiger partial charge in [-0.3, -0.25) is 4.68 Å². The molecule has 0 unspecified atom stereocenters. The Hall–Kier alpha value is -0.590. The van der Waals surface area contributed by atoms with Crippen LogP contribution in [0, 0.1) is 0 Å². The molecule has 1 rings (SSSR count). The average Bonchev–Trinajstić information content (AvgIpc) is 2.74. The predicted molar refractivity (Wildman–Crippen MR) is 67.6 cm³/mol. The van der Waals surface area contributed by atoms with Crippen molar-refractivity contribution < 1.29 is 8.42 Å². The van der Waals surface area contributed by atoms with Crippen LogP contribution >= 0.6 is 11.6 Å². The van der Waals surface area contributed by atoms with Crippen LogP contribution in [-0.4, -0.2) is 29.6 Å². The fourth-order valence-corrected chi connectivity index (χ4v) is 3.54. The maximum Gasteiger partial charge on any atom is 0.244 e. The summed E-state index contributed by atoms with van der Waals surface area (Å²) in [5, 5.41) is 3.85. The van der Waals surface area contributed by atoms with Crippen LogP contribution < -0.4 is 4.72 Å². The lowest BCUT2D eigenvalue weighted by atomic mass is 9.97. The summed E-state index contributed by atoms with van der Waals surface area (Å²) >= 11 is 5.88. The van der Waals surface area contributed by atoms with Gasteiger partial charge in [-0.15, -0.1) is 11.6 Å². The molecule has 1 heterocycles. The van der Waals surface area contributed by atoms with Gasteiger partial charge in [0, 0.05) is 24.7 Å². The van der Waals surface area contributed by atoms with E-state index in [1.54, 1.807) is 7.05 Å². The van der Waals surface area contributed by atoms with Gasteiger partial charge in [0.05, 0.1) is 6.20 Å². The van der Waals surface area contributed by atoms with Crippen molar-refractivity contribution in [3.63, 3.8) is 0 Å². The molecule has 0 saturated heterocycles. The summed E-state index contributed by atoms with van der Waals surface area (Å²) in [6.07, 6.45) is 4.08. The van der Waals surface area contributed by atoms with Gasteiger partial charge in [0.2, 0.25) is 10.0 Å². The molecule has 98 valence electrons. The maximum atomic E-state index is 12.1. The molecule has 0 saturated carbocycles. The van der Waals surface area contributed by atoms with E-state index in [4.69, 9.17) is 11.6 Å². The fraction of sp³-hybridized carbons (Fsp3) is 0.700. The van der Waals surface area contributed by atoms with E-state index in [2.05, 4.69) is 9.82 Å². The van der Waals surface area contributed by atoms with Crippen molar-refractivity contribution in [2.24, 2.45) is 7.05 Å². The first kappa shape index (κ1) is 14.5. The molecule has 1 N–H and O–H groups in total. The van der Waals surface area contributed by atoms with Gasteiger partial charge >= 0.3 is 0 Å². The van der Waals surface area contributed by atoms with Gasteiger partial charge in [-0.05, 0) is 12.8 Å². The number of aryl methyl sites for hydroxylation is 1. The van der Waals surface area contributed by atoms with E-state index in [9.17, 15) is 8.42 Å². The predicted octanol–water partition coefficient (Wildman–Crippen LogP) is 1.50. The maximum absolute atomic E-state index is 12.1. The second kappa shape index (κ2) is 5.37. The topological polar surface area (TPSA) is 64.0 Å². The number of aromatic nitrogens is 2. The summed E-state index contributed by atoms with van der Waals surface area (Å²) in [6, 6.07) is 0. The van der Waals surface area contributed by atoms with Crippen molar-refractivity contribution in [3.8, 4) is 0 Å². The third-order valence-electron chi connectivity index (χ3n) is 2.95. The van der Waals surface area contributed by atoms with E-state index in [1.165, 1.54) is 17.1 Å². The molecular weight excluding hydrogens is 262 g/mol. The van der Waals surface area contributed by atoms with Crippen LogP contribution in [0.4, 0.5) is 0 Å². The van der Waals surface area contributed by atoms with Crippen molar-refractivity contribution in [2.75, 3.05) is 5.88 Å². The Kier molecular flexibility index (Phi) is 4.57. The van der Waals surface area contributed by atoms with E-state index in [1.807, 2.05) is 13.8 Å². The highest BCUT2D eigenvalue weighted by atomic mass is 35.5. The van der Waals surface area contributed by atoms with E-state index >= 15 is 0 Å². The Balaban J connectivity index is 3.00. The summed E-state index contributed by atoms with van der Waals surface area (Å²) in [4.78, 5) is 0.163. The minimum absolute atomic E-state index is 0.163. The van der Waals surface area contributed by atoms with Crippen LogP contribution in [0.15, 0.2) is 17.3 Å². The lowest BCUT2D eigenvalue weighted by Crippen LogP contribution is -2.48. The molecule has 0 aliphatic rings. The van der Waals surface area contributed by atoms with Crippen molar-refractivity contribution >= 4 is 21.6 Å². The molecule has 7 heteroatoms. The van der Waals surface area contributed by atoms with Gasteiger partial charge < -0.3 is 0 Å². The molecule has 1 aromatic rings. The number of hydrogen-bond donors (Lipinski definition) is 1. The molecule has 0 fully saturated rings. The van der Waals surface area contributed by atoms with Crippen LogP contribution in [-0.2, 0) is 17.1 Å². The third-order valence-corrected chi connectivity index (χ3v) is 5.00. The Morgan fingerprint density at radius 1 is 1.47 bits per heavy atom. The largest absolute Gasteiger partial charge is 0.274 e. The number of alkyl halides is 1. The standard InChI is InChI=1S/C10H18ClN3O2S/c1-4-10(5-2,8-11)13-17(15,16)9-6-12-14(3)7-9/h6-7,13H,4-5,8H2,1-3H3. The summed E-state index contributed by atoms with van der Waals surface area (Å²) in [5.74, 6) is 0.249.